The highest BCUT2D eigenvalue weighted by molar-refractivity contribution is 5.15. The molecule has 0 heterocycles. The average molecular weight is 218 g/mol. The summed E-state index contributed by atoms with van der Waals surface area (Å²) < 4.78 is 11.0. The van der Waals surface area contributed by atoms with Crippen molar-refractivity contribution in [2.24, 2.45) is 0 Å². The number of rotatable bonds is 8. The van der Waals surface area contributed by atoms with Crippen LogP contribution < -0.4 is 0 Å². The van der Waals surface area contributed by atoms with Crippen LogP contribution in [0, 0.1) is 0 Å². The Kier molecular flexibility index (Phi) is 6.23. The molecule has 16 heavy (non-hydrogen) atoms. The van der Waals surface area contributed by atoms with Gasteiger partial charge < -0.3 is 9.47 Å². The lowest BCUT2D eigenvalue weighted by Crippen LogP contribution is -2.20. The van der Waals surface area contributed by atoms with Crippen molar-refractivity contribution in [2.45, 2.75) is 12.7 Å². The summed E-state index contributed by atoms with van der Waals surface area (Å²) in [6.07, 6.45) is 3.94. The van der Waals surface area contributed by atoms with E-state index in [9.17, 15) is 0 Å². The Morgan fingerprint density at radius 2 is 1.56 bits per heavy atom. The maximum atomic E-state index is 5.51. The van der Waals surface area contributed by atoms with Crippen LogP contribution in [0.2, 0.25) is 0 Å². The van der Waals surface area contributed by atoms with Gasteiger partial charge in [0, 0.05) is 6.42 Å². The smallest absolute Gasteiger partial charge is 0.162 e. The Bertz CT molecular complexity index is 294. The minimum Gasteiger partial charge on any atom is -0.348 e. The van der Waals surface area contributed by atoms with Crippen molar-refractivity contribution in [3.63, 3.8) is 0 Å². The van der Waals surface area contributed by atoms with E-state index < -0.39 is 0 Å². The van der Waals surface area contributed by atoms with Crippen molar-refractivity contribution in [1.29, 1.82) is 0 Å². The van der Waals surface area contributed by atoms with Gasteiger partial charge >= 0.3 is 0 Å². The van der Waals surface area contributed by atoms with Crippen LogP contribution in [0.4, 0.5) is 0 Å². The normalized spacial score (nSPS) is 10.3. The van der Waals surface area contributed by atoms with Crippen molar-refractivity contribution < 1.29 is 9.47 Å². The van der Waals surface area contributed by atoms with Crippen LogP contribution in [0.1, 0.15) is 5.56 Å². The van der Waals surface area contributed by atoms with E-state index in [0.29, 0.717) is 13.2 Å². The van der Waals surface area contributed by atoms with Gasteiger partial charge in [-0.3, -0.25) is 0 Å². The lowest BCUT2D eigenvalue weighted by Gasteiger charge is -2.16. The van der Waals surface area contributed by atoms with Crippen LogP contribution >= 0.6 is 0 Å². The lowest BCUT2D eigenvalue weighted by atomic mass is 10.1. The van der Waals surface area contributed by atoms with Gasteiger partial charge in [-0.15, -0.1) is 13.2 Å². The molecule has 86 valence electrons. The van der Waals surface area contributed by atoms with E-state index in [4.69, 9.17) is 9.47 Å². The molecule has 0 bridgehead atoms. The zero-order valence-corrected chi connectivity index (χ0v) is 9.47. The highest BCUT2D eigenvalue weighted by Crippen LogP contribution is 2.07. The van der Waals surface area contributed by atoms with Gasteiger partial charge in [-0.05, 0) is 5.56 Å². The van der Waals surface area contributed by atoms with Crippen molar-refractivity contribution in [2.75, 3.05) is 13.2 Å². The molecule has 1 rings (SSSR count). The quantitative estimate of drug-likeness (QED) is 0.493. The highest BCUT2D eigenvalue weighted by Gasteiger charge is 2.08. The van der Waals surface area contributed by atoms with Crippen molar-refractivity contribution in [3.8, 4) is 0 Å². The molecule has 0 atom stereocenters. The third-order valence-electron chi connectivity index (χ3n) is 2.05. The molecule has 0 radical (unpaired) electrons. The van der Waals surface area contributed by atoms with Crippen LogP contribution in [0.3, 0.4) is 0 Å². The fourth-order valence-corrected chi connectivity index (χ4v) is 1.32. The molecule has 0 saturated heterocycles. The molecule has 0 fully saturated rings. The first kappa shape index (κ1) is 12.7. The Morgan fingerprint density at radius 1 is 1.00 bits per heavy atom. The summed E-state index contributed by atoms with van der Waals surface area (Å²) in [5, 5.41) is 0. The number of hydrogen-bond donors (Lipinski definition) is 0. The minimum absolute atomic E-state index is 0.238. The SMILES string of the molecule is C=CCOC(Cc1ccccc1)OCC=C. The Morgan fingerprint density at radius 3 is 2.06 bits per heavy atom. The molecule has 0 unspecified atom stereocenters. The van der Waals surface area contributed by atoms with Crippen molar-refractivity contribution in [3.05, 3.63) is 61.2 Å². The van der Waals surface area contributed by atoms with E-state index >= 15 is 0 Å². The van der Waals surface area contributed by atoms with Crippen LogP contribution in [-0.4, -0.2) is 19.5 Å². The molecule has 0 saturated carbocycles. The zero-order valence-electron chi connectivity index (χ0n) is 9.47. The molecule has 0 aliphatic heterocycles. The van der Waals surface area contributed by atoms with Gasteiger partial charge in [-0.25, -0.2) is 0 Å². The van der Waals surface area contributed by atoms with Crippen LogP contribution in [0.25, 0.3) is 0 Å². The number of hydrogen-bond acceptors (Lipinski definition) is 2. The van der Waals surface area contributed by atoms with Gasteiger partial charge in [-0.2, -0.15) is 0 Å². The van der Waals surface area contributed by atoms with E-state index in [-0.39, 0.29) is 6.29 Å². The summed E-state index contributed by atoms with van der Waals surface area (Å²) in [6, 6.07) is 10.1. The third kappa shape index (κ3) is 4.91. The second-order valence-electron chi connectivity index (χ2n) is 3.36. The fourth-order valence-electron chi connectivity index (χ4n) is 1.32. The van der Waals surface area contributed by atoms with E-state index in [1.807, 2.05) is 18.2 Å². The molecule has 0 spiro atoms. The average Bonchev–Trinajstić information content (AvgIpc) is 2.34. The highest BCUT2D eigenvalue weighted by atomic mass is 16.7. The second-order valence-corrected chi connectivity index (χ2v) is 3.36. The van der Waals surface area contributed by atoms with Gasteiger partial charge in [0.15, 0.2) is 6.29 Å². The van der Waals surface area contributed by atoms with Crippen LogP contribution in [0.15, 0.2) is 55.6 Å². The lowest BCUT2D eigenvalue weighted by molar-refractivity contribution is -0.125. The molecule has 1 aromatic rings. The first-order valence-electron chi connectivity index (χ1n) is 5.35. The largest absolute Gasteiger partial charge is 0.348 e. The Balaban J connectivity index is 2.48. The van der Waals surface area contributed by atoms with Crippen LogP contribution in [-0.2, 0) is 15.9 Å². The van der Waals surface area contributed by atoms with E-state index in [1.54, 1.807) is 12.2 Å². The predicted octanol–water partition coefficient (Wildman–Crippen LogP) is 2.96. The first-order valence-corrected chi connectivity index (χ1v) is 5.35. The Hall–Kier alpha value is -1.38. The standard InChI is InChI=1S/C14H18O2/c1-3-10-15-14(16-11-4-2)12-13-8-6-5-7-9-13/h3-9,14H,1-2,10-12H2. The minimum atomic E-state index is -0.238. The van der Waals surface area contributed by atoms with Gasteiger partial charge in [0.2, 0.25) is 0 Å². The molecule has 1 aromatic carbocycles. The molecule has 0 aliphatic carbocycles. The van der Waals surface area contributed by atoms with Gasteiger partial charge in [-0.1, -0.05) is 42.5 Å². The molecule has 2 nitrogen and oxygen atoms in total. The van der Waals surface area contributed by atoms with Gasteiger partial charge in [0.1, 0.15) is 0 Å². The second kappa shape index (κ2) is 7.85. The molecular weight excluding hydrogens is 200 g/mol. The summed E-state index contributed by atoms with van der Waals surface area (Å²) in [6.45, 7) is 8.23. The molecule has 0 aliphatic rings. The number of benzene rings is 1. The summed E-state index contributed by atoms with van der Waals surface area (Å²) in [4.78, 5) is 0. The van der Waals surface area contributed by atoms with Crippen LogP contribution in [0.5, 0.6) is 0 Å². The van der Waals surface area contributed by atoms with Crippen molar-refractivity contribution in [1.82, 2.24) is 0 Å². The maximum Gasteiger partial charge on any atom is 0.162 e. The fraction of sp³-hybridized carbons (Fsp3) is 0.286. The topological polar surface area (TPSA) is 18.5 Å². The molecule has 0 amide bonds. The molecule has 0 aromatic heterocycles. The predicted molar refractivity (Wildman–Crippen MR) is 66.2 cm³/mol. The summed E-state index contributed by atoms with van der Waals surface area (Å²) in [5.41, 5.74) is 1.20. The molecule has 2 heteroatoms. The molecule has 0 N–H and O–H groups in total. The summed E-state index contributed by atoms with van der Waals surface area (Å²) >= 11 is 0. The first-order chi connectivity index (χ1) is 7.86. The monoisotopic (exact) mass is 218 g/mol. The van der Waals surface area contributed by atoms with E-state index in [0.717, 1.165) is 6.42 Å². The van der Waals surface area contributed by atoms with E-state index in [2.05, 4.69) is 25.3 Å². The van der Waals surface area contributed by atoms with Gasteiger partial charge in [0.05, 0.1) is 13.2 Å². The summed E-state index contributed by atoms with van der Waals surface area (Å²) in [7, 11) is 0. The molecular formula is C14H18O2. The zero-order chi connectivity index (χ0) is 11.6. The van der Waals surface area contributed by atoms with Crippen molar-refractivity contribution >= 4 is 0 Å². The summed E-state index contributed by atoms with van der Waals surface area (Å²) in [5.74, 6) is 0. The van der Waals surface area contributed by atoms with E-state index in [1.165, 1.54) is 5.56 Å². The number of ether oxygens (including phenoxy) is 2. The third-order valence-corrected chi connectivity index (χ3v) is 2.05. The maximum absolute atomic E-state index is 5.51. The Labute approximate surface area is 97.2 Å². The van der Waals surface area contributed by atoms with Gasteiger partial charge in [0.25, 0.3) is 0 Å².